The fraction of sp³-hybridized carbons (Fsp3) is 0.500. The van der Waals surface area contributed by atoms with Gasteiger partial charge in [-0.05, 0) is 43.7 Å². The summed E-state index contributed by atoms with van der Waals surface area (Å²) in [5.41, 5.74) is 1.47. The van der Waals surface area contributed by atoms with Crippen molar-refractivity contribution in [3.05, 3.63) is 29.8 Å². The van der Waals surface area contributed by atoms with E-state index in [2.05, 4.69) is 5.32 Å². The minimum absolute atomic E-state index is 0.0195. The second-order valence-electron chi connectivity index (χ2n) is 5.85. The van der Waals surface area contributed by atoms with Crippen molar-refractivity contribution in [3.8, 4) is 0 Å². The Labute approximate surface area is 119 Å². The van der Waals surface area contributed by atoms with Gasteiger partial charge in [-0.2, -0.15) is 0 Å². The molecule has 0 radical (unpaired) electrons. The summed E-state index contributed by atoms with van der Waals surface area (Å²) in [6.45, 7) is 1.99. The molecule has 0 heterocycles. The van der Waals surface area contributed by atoms with Gasteiger partial charge in [-0.25, -0.2) is 0 Å². The van der Waals surface area contributed by atoms with Crippen molar-refractivity contribution in [3.63, 3.8) is 0 Å². The average molecular weight is 274 g/mol. The van der Waals surface area contributed by atoms with Crippen LogP contribution in [0, 0.1) is 12.3 Å². The molecule has 1 fully saturated rings. The quantitative estimate of drug-likeness (QED) is 0.893. The van der Waals surface area contributed by atoms with E-state index in [1.807, 2.05) is 31.2 Å². The smallest absolute Gasteiger partial charge is 0.224 e. The molecule has 1 aromatic carbocycles. The number of benzene rings is 1. The summed E-state index contributed by atoms with van der Waals surface area (Å²) in [4.78, 5) is 23.0. The van der Waals surface area contributed by atoms with Crippen LogP contribution in [0.25, 0.3) is 0 Å². The summed E-state index contributed by atoms with van der Waals surface area (Å²) < 4.78 is 0. The van der Waals surface area contributed by atoms with Crippen LogP contribution >= 0.6 is 0 Å². The van der Waals surface area contributed by atoms with E-state index in [0.29, 0.717) is 0 Å². The Kier molecular flexibility index (Phi) is 4.42. The van der Waals surface area contributed by atoms with E-state index >= 15 is 0 Å². The van der Waals surface area contributed by atoms with Gasteiger partial charge in [0.2, 0.25) is 5.91 Å². The van der Waals surface area contributed by atoms with Gasteiger partial charge in [0.15, 0.2) is 0 Å². The molecule has 1 saturated carbocycles. The van der Waals surface area contributed by atoms with Crippen LogP contribution < -0.4 is 10.4 Å². The molecule has 0 saturated heterocycles. The molecule has 2 rings (SSSR count). The number of nitrogens with one attached hydrogen (secondary N) is 1. The minimum atomic E-state index is -1.06. The number of hydrogen-bond acceptors (Lipinski definition) is 3. The number of carboxylic acid groups (broad SMARTS) is 1. The van der Waals surface area contributed by atoms with Crippen LogP contribution in [0.4, 0.5) is 5.69 Å². The van der Waals surface area contributed by atoms with Crippen LogP contribution in [0.15, 0.2) is 24.3 Å². The molecule has 1 aliphatic carbocycles. The second kappa shape index (κ2) is 6.07. The number of rotatable bonds is 5. The minimum Gasteiger partial charge on any atom is -0.550 e. The van der Waals surface area contributed by atoms with Crippen molar-refractivity contribution in [2.24, 2.45) is 5.41 Å². The maximum absolute atomic E-state index is 12.1. The zero-order valence-corrected chi connectivity index (χ0v) is 11.8. The second-order valence-corrected chi connectivity index (χ2v) is 5.85. The molecule has 1 amide bonds. The fourth-order valence-electron chi connectivity index (χ4n) is 3.03. The molecule has 0 aliphatic heterocycles. The first-order chi connectivity index (χ1) is 9.49. The molecule has 0 atom stereocenters. The molecule has 1 aliphatic rings. The molecule has 20 heavy (non-hydrogen) atoms. The number of carbonyl (C=O) groups is 2. The third kappa shape index (κ3) is 3.83. The highest BCUT2D eigenvalue weighted by Gasteiger charge is 2.35. The van der Waals surface area contributed by atoms with Gasteiger partial charge in [0.05, 0.1) is 0 Å². The highest BCUT2D eigenvalue weighted by molar-refractivity contribution is 5.91. The molecule has 4 nitrogen and oxygen atoms in total. The average Bonchev–Trinajstić information content (AvgIpc) is 2.79. The molecule has 1 N–H and O–H groups in total. The predicted octanol–water partition coefficient (Wildman–Crippen LogP) is 2.02. The van der Waals surface area contributed by atoms with Gasteiger partial charge in [-0.3, -0.25) is 4.79 Å². The molecule has 4 heteroatoms. The van der Waals surface area contributed by atoms with Gasteiger partial charge >= 0.3 is 0 Å². The molecular weight excluding hydrogens is 254 g/mol. The summed E-state index contributed by atoms with van der Waals surface area (Å²) in [6, 6.07) is 7.57. The first kappa shape index (κ1) is 14.6. The Hall–Kier alpha value is -1.84. The number of anilines is 1. The molecule has 1 aromatic rings. The lowest BCUT2D eigenvalue weighted by molar-refractivity contribution is -0.308. The SMILES string of the molecule is Cc1ccc(NC(=O)CC2(CC(=O)[O-])CCCC2)cc1. The van der Waals surface area contributed by atoms with E-state index < -0.39 is 11.4 Å². The van der Waals surface area contributed by atoms with Crippen molar-refractivity contribution in [1.82, 2.24) is 0 Å². The van der Waals surface area contributed by atoms with Crippen molar-refractivity contribution >= 4 is 17.6 Å². The van der Waals surface area contributed by atoms with E-state index in [-0.39, 0.29) is 18.7 Å². The fourth-order valence-corrected chi connectivity index (χ4v) is 3.03. The first-order valence-electron chi connectivity index (χ1n) is 7.06. The van der Waals surface area contributed by atoms with Crippen molar-refractivity contribution in [2.45, 2.75) is 45.4 Å². The van der Waals surface area contributed by atoms with Crippen LogP contribution in [0.1, 0.15) is 44.1 Å². The monoisotopic (exact) mass is 274 g/mol. The Balaban J connectivity index is 1.98. The van der Waals surface area contributed by atoms with Gasteiger partial charge in [-0.15, -0.1) is 0 Å². The zero-order chi connectivity index (χ0) is 14.6. The number of aliphatic carboxylic acids is 1. The normalized spacial score (nSPS) is 16.9. The predicted molar refractivity (Wildman–Crippen MR) is 75.0 cm³/mol. The maximum atomic E-state index is 12.1. The summed E-state index contributed by atoms with van der Waals surface area (Å²) in [6.07, 6.45) is 3.81. The summed E-state index contributed by atoms with van der Waals surface area (Å²) in [5.74, 6) is -1.17. The molecule has 108 valence electrons. The highest BCUT2D eigenvalue weighted by atomic mass is 16.4. The third-order valence-electron chi connectivity index (χ3n) is 4.05. The highest BCUT2D eigenvalue weighted by Crippen LogP contribution is 2.44. The van der Waals surface area contributed by atoms with Crippen molar-refractivity contribution in [2.75, 3.05) is 5.32 Å². The van der Waals surface area contributed by atoms with Crippen LogP contribution in [0.3, 0.4) is 0 Å². The lowest BCUT2D eigenvalue weighted by Gasteiger charge is -2.28. The Morgan fingerprint density at radius 1 is 1.15 bits per heavy atom. The summed E-state index contributed by atoms with van der Waals surface area (Å²) >= 11 is 0. The van der Waals surface area contributed by atoms with Crippen LogP contribution in [0.5, 0.6) is 0 Å². The lowest BCUT2D eigenvalue weighted by atomic mass is 9.79. The van der Waals surface area contributed by atoms with E-state index in [9.17, 15) is 14.7 Å². The Bertz CT molecular complexity index is 487. The van der Waals surface area contributed by atoms with Crippen LogP contribution in [-0.2, 0) is 9.59 Å². The molecular formula is C16H20NO3-. The number of aryl methyl sites for hydroxylation is 1. The summed E-state index contributed by atoms with van der Waals surface area (Å²) in [7, 11) is 0. The zero-order valence-electron chi connectivity index (χ0n) is 11.8. The number of carboxylic acids is 1. The van der Waals surface area contributed by atoms with E-state index in [1.54, 1.807) is 0 Å². The van der Waals surface area contributed by atoms with Crippen LogP contribution in [-0.4, -0.2) is 11.9 Å². The van der Waals surface area contributed by atoms with E-state index in [0.717, 1.165) is 36.9 Å². The van der Waals surface area contributed by atoms with Gasteiger partial charge < -0.3 is 15.2 Å². The molecule has 0 spiro atoms. The first-order valence-corrected chi connectivity index (χ1v) is 7.06. The standard InChI is InChI=1S/C16H21NO3/c1-12-4-6-13(7-5-12)17-14(18)10-16(11-15(19)20)8-2-3-9-16/h4-7H,2-3,8-11H2,1H3,(H,17,18)(H,19,20)/p-1. The largest absolute Gasteiger partial charge is 0.550 e. The van der Waals surface area contributed by atoms with Crippen LogP contribution in [0.2, 0.25) is 0 Å². The van der Waals surface area contributed by atoms with Gasteiger partial charge in [0, 0.05) is 18.1 Å². The van der Waals surface area contributed by atoms with Crippen molar-refractivity contribution in [1.29, 1.82) is 0 Å². The van der Waals surface area contributed by atoms with Gasteiger partial charge in [-0.1, -0.05) is 30.5 Å². The van der Waals surface area contributed by atoms with E-state index in [1.165, 1.54) is 0 Å². The van der Waals surface area contributed by atoms with E-state index in [4.69, 9.17) is 0 Å². The van der Waals surface area contributed by atoms with Crippen molar-refractivity contribution < 1.29 is 14.7 Å². The summed E-state index contributed by atoms with van der Waals surface area (Å²) in [5, 5.41) is 13.7. The third-order valence-corrected chi connectivity index (χ3v) is 4.05. The topological polar surface area (TPSA) is 69.2 Å². The van der Waals surface area contributed by atoms with Gasteiger partial charge in [0.1, 0.15) is 0 Å². The molecule has 0 unspecified atom stereocenters. The molecule has 0 bridgehead atoms. The number of hydrogen-bond donors (Lipinski definition) is 1. The number of carbonyl (C=O) groups excluding carboxylic acids is 2. The maximum Gasteiger partial charge on any atom is 0.224 e. The Morgan fingerprint density at radius 3 is 2.30 bits per heavy atom. The van der Waals surface area contributed by atoms with Gasteiger partial charge in [0.25, 0.3) is 0 Å². The number of amides is 1. The Morgan fingerprint density at radius 2 is 1.75 bits per heavy atom. The molecule has 0 aromatic heterocycles. The lowest BCUT2D eigenvalue weighted by Crippen LogP contribution is -2.33.